The maximum Gasteiger partial charge on any atom is 0.246 e. The van der Waals surface area contributed by atoms with Crippen LogP contribution in [0.5, 0.6) is 0 Å². The van der Waals surface area contributed by atoms with Crippen LogP contribution in [0.1, 0.15) is 11.1 Å². The normalized spacial score (nSPS) is 16.9. The van der Waals surface area contributed by atoms with Crippen LogP contribution in [0, 0.1) is 23.7 Å². The molecule has 2 aromatic rings. The van der Waals surface area contributed by atoms with Gasteiger partial charge >= 0.3 is 0 Å². The Labute approximate surface area is 186 Å². The topological polar surface area (TPSA) is 140 Å². The van der Waals surface area contributed by atoms with E-state index in [-0.39, 0.29) is 9.79 Å². The summed E-state index contributed by atoms with van der Waals surface area (Å²) in [7, 11) is -8.26. The van der Waals surface area contributed by atoms with Crippen molar-refractivity contribution in [2.24, 2.45) is 10.6 Å². The lowest BCUT2D eigenvalue weighted by Gasteiger charge is -2.36. The van der Waals surface area contributed by atoms with E-state index in [1.807, 2.05) is 0 Å². The molecule has 0 unspecified atom stereocenters. The van der Waals surface area contributed by atoms with Crippen molar-refractivity contribution >= 4 is 20.0 Å². The molecule has 32 heavy (non-hydrogen) atoms. The first kappa shape index (κ1) is 23.7. The molecule has 12 nitrogen and oxygen atoms in total. The van der Waals surface area contributed by atoms with Crippen LogP contribution >= 0.6 is 0 Å². The fraction of sp³-hybridized carbons (Fsp3) is 0.333. The summed E-state index contributed by atoms with van der Waals surface area (Å²) in [5.74, 6) is 0. The molecule has 172 valence electrons. The lowest BCUT2D eigenvalue weighted by molar-refractivity contribution is 0.0405. The highest BCUT2D eigenvalue weighted by atomic mass is 32.2. The summed E-state index contributed by atoms with van der Waals surface area (Å²) in [4.78, 5) is 22.7. The molecular weight excluding hydrogens is 460 g/mol. The van der Waals surface area contributed by atoms with Crippen LogP contribution in [0.25, 0.3) is 0 Å². The summed E-state index contributed by atoms with van der Waals surface area (Å²) in [6, 6.07) is 12.0. The Kier molecular flexibility index (Phi) is 6.88. The van der Waals surface area contributed by atoms with Gasteiger partial charge in [0.25, 0.3) is 0 Å². The number of nitrogens with zero attached hydrogens (tertiary/aromatic N) is 6. The van der Waals surface area contributed by atoms with Crippen molar-refractivity contribution < 1.29 is 16.8 Å². The second-order valence-corrected chi connectivity index (χ2v) is 11.2. The van der Waals surface area contributed by atoms with Gasteiger partial charge in [-0.2, -0.15) is 8.61 Å². The van der Waals surface area contributed by atoms with E-state index in [9.17, 15) is 26.6 Å². The Hall–Kier alpha value is -2.94. The average Bonchev–Trinajstić information content (AvgIpc) is 2.74. The third kappa shape index (κ3) is 4.93. The second-order valence-electron chi connectivity index (χ2n) is 7.28. The second kappa shape index (κ2) is 9.28. The highest BCUT2D eigenvalue weighted by Crippen LogP contribution is 2.23. The van der Waals surface area contributed by atoms with Crippen molar-refractivity contribution in [3.8, 4) is 0 Å². The third-order valence-corrected chi connectivity index (χ3v) is 8.39. The van der Waals surface area contributed by atoms with E-state index in [2.05, 4.69) is 10.6 Å². The molecule has 2 aromatic carbocycles. The molecule has 0 atom stereocenters. The van der Waals surface area contributed by atoms with E-state index in [0.717, 1.165) is 29.8 Å². The molecule has 3 rings (SSSR count). The Morgan fingerprint density at radius 1 is 0.594 bits per heavy atom. The van der Waals surface area contributed by atoms with E-state index in [1.54, 1.807) is 38.1 Å². The molecule has 0 aromatic heterocycles. The van der Waals surface area contributed by atoms with Crippen molar-refractivity contribution in [1.82, 2.24) is 18.6 Å². The molecule has 1 saturated heterocycles. The lowest BCUT2D eigenvalue weighted by Crippen LogP contribution is -2.54. The zero-order chi connectivity index (χ0) is 23.5. The Bertz CT molecular complexity index is 1080. The Morgan fingerprint density at radius 3 is 1.12 bits per heavy atom. The SMILES string of the molecule is Cc1ccc(S(=O)(=O)N2CN(N=O)CN(S(=O)(=O)c3ccc(C)cc3)CN(N=O)C2)cc1. The minimum Gasteiger partial charge on any atom is -0.230 e. The highest BCUT2D eigenvalue weighted by Gasteiger charge is 2.36. The average molecular weight is 483 g/mol. The number of rotatable bonds is 6. The predicted octanol–water partition coefficient (Wildman–Crippen LogP) is 1.80. The van der Waals surface area contributed by atoms with E-state index >= 15 is 0 Å². The standard InChI is InChI=1S/C18H22N6O6S2/c1-15-3-7-17(8-4-15)31(27,28)23-11-21(19-25)13-24(14-22(12-23)20-26)32(29,30)18-9-5-16(2)6-10-18/h3-10H,11-14H2,1-2H3. The van der Waals surface area contributed by atoms with Gasteiger partial charge in [-0.25, -0.2) is 26.9 Å². The van der Waals surface area contributed by atoms with E-state index in [4.69, 9.17) is 0 Å². The van der Waals surface area contributed by atoms with Gasteiger partial charge < -0.3 is 0 Å². The van der Waals surface area contributed by atoms with E-state index in [1.165, 1.54) is 24.3 Å². The zero-order valence-corrected chi connectivity index (χ0v) is 19.0. The van der Waals surface area contributed by atoms with Crippen molar-refractivity contribution in [2.45, 2.75) is 23.6 Å². The first-order chi connectivity index (χ1) is 15.1. The van der Waals surface area contributed by atoms with Gasteiger partial charge in [-0.1, -0.05) is 35.4 Å². The van der Waals surface area contributed by atoms with Crippen LogP contribution in [0.2, 0.25) is 0 Å². The molecule has 0 spiro atoms. The fourth-order valence-corrected chi connectivity index (χ4v) is 5.73. The third-order valence-electron chi connectivity index (χ3n) is 4.83. The van der Waals surface area contributed by atoms with E-state index in [0.29, 0.717) is 0 Å². The Morgan fingerprint density at radius 2 is 0.875 bits per heavy atom. The van der Waals surface area contributed by atoms with Gasteiger partial charge in [0.2, 0.25) is 20.0 Å². The molecule has 1 aliphatic rings. The number of hydrogen-bond donors (Lipinski definition) is 0. The summed E-state index contributed by atoms with van der Waals surface area (Å²) in [6.07, 6.45) is 0. The Balaban J connectivity index is 1.93. The number of sulfonamides is 2. The van der Waals surface area contributed by atoms with Gasteiger partial charge in [-0.15, -0.1) is 9.81 Å². The molecular formula is C18H22N6O6S2. The first-order valence-corrected chi connectivity index (χ1v) is 12.3. The minimum absolute atomic E-state index is 0.0514. The summed E-state index contributed by atoms with van der Waals surface area (Å²) < 4.78 is 53.9. The fourth-order valence-electron chi connectivity index (χ4n) is 3.03. The van der Waals surface area contributed by atoms with Crippen molar-refractivity contribution in [3.05, 3.63) is 69.5 Å². The van der Waals surface area contributed by atoms with Gasteiger partial charge in [0.1, 0.15) is 26.7 Å². The first-order valence-electron chi connectivity index (χ1n) is 9.38. The summed E-state index contributed by atoms with van der Waals surface area (Å²) >= 11 is 0. The van der Waals surface area contributed by atoms with Crippen molar-refractivity contribution in [3.63, 3.8) is 0 Å². The smallest absolute Gasteiger partial charge is 0.230 e. The molecule has 0 saturated carbocycles. The van der Waals surface area contributed by atoms with Crippen LogP contribution in [0.4, 0.5) is 0 Å². The molecule has 0 radical (unpaired) electrons. The maximum absolute atomic E-state index is 13.1. The molecule has 0 amide bonds. The lowest BCUT2D eigenvalue weighted by atomic mass is 10.2. The monoisotopic (exact) mass is 482 g/mol. The van der Waals surface area contributed by atoms with Crippen molar-refractivity contribution in [1.29, 1.82) is 0 Å². The van der Waals surface area contributed by atoms with Gasteiger partial charge in [0.15, 0.2) is 0 Å². The summed E-state index contributed by atoms with van der Waals surface area (Å²) in [6.45, 7) is 1.28. The van der Waals surface area contributed by atoms with Crippen LogP contribution in [0.3, 0.4) is 0 Å². The van der Waals surface area contributed by atoms with Crippen LogP contribution < -0.4 is 0 Å². The largest absolute Gasteiger partial charge is 0.246 e. The molecule has 1 aliphatic heterocycles. The summed E-state index contributed by atoms with van der Waals surface area (Å²) in [5.41, 5.74) is 1.70. The van der Waals surface area contributed by atoms with Gasteiger partial charge in [0, 0.05) is 0 Å². The molecule has 0 N–H and O–H groups in total. The van der Waals surface area contributed by atoms with Crippen LogP contribution in [-0.2, 0) is 20.0 Å². The van der Waals surface area contributed by atoms with Crippen LogP contribution in [0.15, 0.2) is 68.9 Å². The highest BCUT2D eigenvalue weighted by molar-refractivity contribution is 7.89. The predicted molar refractivity (Wildman–Crippen MR) is 115 cm³/mol. The molecule has 0 aliphatic carbocycles. The number of aryl methyl sites for hydroxylation is 2. The van der Waals surface area contributed by atoms with Gasteiger partial charge in [-0.05, 0) is 38.1 Å². The van der Waals surface area contributed by atoms with Crippen LogP contribution in [-0.4, -0.2) is 62.1 Å². The quantitative estimate of drug-likeness (QED) is 0.568. The van der Waals surface area contributed by atoms with Crippen molar-refractivity contribution in [2.75, 3.05) is 26.7 Å². The minimum atomic E-state index is -4.13. The zero-order valence-electron chi connectivity index (χ0n) is 17.4. The van der Waals surface area contributed by atoms with Gasteiger partial charge in [0.05, 0.1) is 20.4 Å². The maximum atomic E-state index is 13.1. The molecule has 0 bridgehead atoms. The number of hydrogen-bond acceptors (Lipinski definition) is 8. The molecule has 14 heteroatoms. The molecule has 1 fully saturated rings. The van der Waals surface area contributed by atoms with E-state index < -0.39 is 46.7 Å². The molecule has 1 heterocycles. The summed E-state index contributed by atoms with van der Waals surface area (Å²) in [5, 5.41) is 7.07. The number of nitroso groups, excluding NO2 is 2. The number of benzene rings is 2. The van der Waals surface area contributed by atoms with Gasteiger partial charge in [-0.3, -0.25) is 0 Å².